The molecule has 6 aromatic rings. The number of aromatic nitrogens is 10. The average molecular weight is 733 g/mol. The highest BCUT2D eigenvalue weighted by Gasteiger charge is 2.45. The second kappa shape index (κ2) is 15.2. The van der Waals surface area contributed by atoms with E-state index in [1.54, 1.807) is 18.9 Å². The van der Waals surface area contributed by atoms with E-state index < -0.39 is 24.3 Å². The fraction of sp³-hybridized carbons (Fsp3) is 0.405. The van der Waals surface area contributed by atoms with Gasteiger partial charge in [0.15, 0.2) is 22.8 Å². The number of carbonyl (C=O) groups excluding carboxylic acids is 1. The molecule has 2 fully saturated rings. The zero-order valence-corrected chi connectivity index (χ0v) is 30.1. The number of H-pyrrole nitrogens is 1. The van der Waals surface area contributed by atoms with Crippen LogP contribution in [-0.2, 0) is 6.42 Å². The van der Waals surface area contributed by atoms with Crippen LogP contribution in [0.4, 0.5) is 16.6 Å². The molecular formula is C37H44N14O3. The molecule has 2 amide bonds. The smallest absolute Gasteiger partial charge is 0.315 e. The number of aryl methyl sites for hydroxylation is 1. The van der Waals surface area contributed by atoms with Gasteiger partial charge in [-0.15, -0.1) is 10.2 Å². The molecule has 1 saturated heterocycles. The molecule has 6 atom stereocenters. The molecule has 0 spiro atoms. The van der Waals surface area contributed by atoms with Gasteiger partial charge < -0.3 is 40.6 Å². The first-order valence-corrected chi connectivity index (χ1v) is 18.4. The summed E-state index contributed by atoms with van der Waals surface area (Å²) >= 11 is 0. The first kappa shape index (κ1) is 35.1. The van der Waals surface area contributed by atoms with Crippen LogP contribution in [0.5, 0.6) is 0 Å². The Kier molecular flexibility index (Phi) is 9.88. The van der Waals surface area contributed by atoms with E-state index in [0.717, 1.165) is 16.8 Å². The summed E-state index contributed by atoms with van der Waals surface area (Å²) < 4.78 is 1.82. The third-order valence-corrected chi connectivity index (χ3v) is 10.5. The minimum absolute atomic E-state index is 0.0155. The fourth-order valence-electron chi connectivity index (χ4n) is 7.50. The third-order valence-electron chi connectivity index (χ3n) is 10.5. The maximum absolute atomic E-state index is 12.9. The van der Waals surface area contributed by atoms with E-state index in [-0.39, 0.29) is 24.0 Å². The van der Waals surface area contributed by atoms with Gasteiger partial charge in [-0.2, -0.15) is 14.8 Å². The Balaban J connectivity index is 1.09. The number of aliphatic hydroxyl groups excluding tert-OH is 2. The maximum atomic E-state index is 12.9. The van der Waals surface area contributed by atoms with Crippen LogP contribution in [-0.4, -0.2) is 104 Å². The third kappa shape index (κ3) is 7.06. The van der Waals surface area contributed by atoms with Gasteiger partial charge in [0.05, 0.1) is 36.6 Å². The highest BCUT2D eigenvalue weighted by atomic mass is 16.3. The van der Waals surface area contributed by atoms with Crippen LogP contribution in [0.25, 0.3) is 11.2 Å². The second-order valence-corrected chi connectivity index (χ2v) is 14.0. The van der Waals surface area contributed by atoms with E-state index in [1.807, 2.05) is 59.7 Å². The molecule has 17 heteroatoms. The van der Waals surface area contributed by atoms with Crippen molar-refractivity contribution in [3.8, 4) is 0 Å². The van der Waals surface area contributed by atoms with Crippen LogP contribution in [0.3, 0.4) is 0 Å². The highest BCUT2D eigenvalue weighted by molar-refractivity contribution is 5.84. The molecule has 0 bridgehead atoms. The van der Waals surface area contributed by atoms with Crippen molar-refractivity contribution in [2.24, 2.45) is 0 Å². The SMILES string of the molecule is CCc1nnn([C@H]2C[C@@H](n3cnc4c(NCC(c5ccccc5)c5ccccc5)nc(N5CC[C@@H](NC(=O)NC(C)c6cnc[nH]6)C5)nc43)[C@H](O)[C@@H]2O)n1. The number of imidazole rings is 2. The monoisotopic (exact) mass is 732 g/mol. The molecule has 2 aromatic carbocycles. The standard InChI is InChI=1S/C37H44N14O3/c1-3-30-46-48-51(47-30)29-16-28(32(52)33(29)53)50-21-41-31-34(39-17-26(23-10-6-4-7-11-23)24-12-8-5-9-13-24)44-36(45-35(31)50)49-15-14-25(19-49)43-37(54)42-22(2)27-18-38-20-40-27/h4-13,18,20-22,25-26,28-29,32-33,52-53H,3,14-17,19H2,1-2H3,(H,38,40)(H,39,44,45)(H2,42,43,54)/t22?,25-,28-,29+,32+,33-/m1/s1. The molecular weight excluding hydrogens is 689 g/mol. The van der Waals surface area contributed by atoms with Gasteiger partial charge in [-0.05, 0) is 36.1 Å². The average Bonchev–Trinajstić information content (AvgIpc) is 4.05. The first-order chi connectivity index (χ1) is 26.4. The summed E-state index contributed by atoms with van der Waals surface area (Å²) in [6.45, 7) is 5.45. The van der Waals surface area contributed by atoms with Crippen LogP contribution >= 0.6 is 0 Å². The summed E-state index contributed by atoms with van der Waals surface area (Å²) in [5.41, 5.74) is 4.18. The summed E-state index contributed by atoms with van der Waals surface area (Å²) in [5, 5.41) is 44.9. The van der Waals surface area contributed by atoms with Gasteiger partial charge in [-0.25, -0.2) is 14.8 Å². The van der Waals surface area contributed by atoms with E-state index in [1.165, 1.54) is 4.80 Å². The van der Waals surface area contributed by atoms with Gasteiger partial charge in [0.2, 0.25) is 5.95 Å². The van der Waals surface area contributed by atoms with Crippen molar-refractivity contribution in [3.05, 3.63) is 102 Å². The predicted molar refractivity (Wildman–Crippen MR) is 200 cm³/mol. The minimum Gasteiger partial charge on any atom is -0.388 e. The number of anilines is 2. The van der Waals surface area contributed by atoms with Gasteiger partial charge in [-0.1, -0.05) is 67.6 Å². The van der Waals surface area contributed by atoms with Gasteiger partial charge >= 0.3 is 6.03 Å². The molecule has 1 saturated carbocycles. The lowest BCUT2D eigenvalue weighted by Gasteiger charge is -2.22. The quantitative estimate of drug-likeness (QED) is 0.107. The van der Waals surface area contributed by atoms with E-state index in [2.05, 4.69) is 65.6 Å². The molecule has 1 aliphatic heterocycles. The van der Waals surface area contributed by atoms with Crippen molar-refractivity contribution in [3.63, 3.8) is 0 Å². The number of benzene rings is 2. The molecule has 17 nitrogen and oxygen atoms in total. The number of aromatic amines is 1. The van der Waals surface area contributed by atoms with Crippen molar-refractivity contribution in [1.29, 1.82) is 0 Å². The van der Waals surface area contributed by atoms with Gasteiger partial charge in [-0.3, -0.25) is 0 Å². The summed E-state index contributed by atoms with van der Waals surface area (Å²) in [5.74, 6) is 1.59. The number of urea groups is 1. The topological polar surface area (TPSA) is 213 Å². The molecule has 2 aliphatic rings. The Morgan fingerprint density at radius 3 is 2.44 bits per heavy atom. The molecule has 54 heavy (non-hydrogen) atoms. The summed E-state index contributed by atoms with van der Waals surface area (Å²) in [7, 11) is 0. The number of hydrogen-bond donors (Lipinski definition) is 6. The predicted octanol–water partition coefficient (Wildman–Crippen LogP) is 2.89. The molecule has 0 radical (unpaired) electrons. The van der Waals surface area contributed by atoms with E-state index >= 15 is 0 Å². The van der Waals surface area contributed by atoms with Crippen molar-refractivity contribution in [2.45, 2.75) is 75.4 Å². The van der Waals surface area contributed by atoms with Crippen LogP contribution in [0.15, 0.2) is 79.5 Å². The molecule has 5 heterocycles. The second-order valence-electron chi connectivity index (χ2n) is 14.0. The molecule has 1 aliphatic carbocycles. The van der Waals surface area contributed by atoms with Crippen LogP contribution in [0.2, 0.25) is 0 Å². The number of nitrogens with zero attached hydrogens (tertiary/aromatic N) is 10. The van der Waals surface area contributed by atoms with E-state index in [0.29, 0.717) is 67.7 Å². The fourth-order valence-corrected chi connectivity index (χ4v) is 7.50. The largest absolute Gasteiger partial charge is 0.388 e. The number of tetrazole rings is 1. The van der Waals surface area contributed by atoms with Crippen molar-refractivity contribution >= 4 is 29.0 Å². The summed E-state index contributed by atoms with van der Waals surface area (Å²) in [6.07, 6.45) is 4.28. The Hall–Kier alpha value is -5.94. The van der Waals surface area contributed by atoms with Crippen molar-refractivity contribution in [2.75, 3.05) is 29.9 Å². The van der Waals surface area contributed by atoms with Gasteiger partial charge in [0.25, 0.3) is 0 Å². The summed E-state index contributed by atoms with van der Waals surface area (Å²) in [4.78, 5) is 38.3. The maximum Gasteiger partial charge on any atom is 0.315 e. The Labute approximate surface area is 311 Å². The van der Waals surface area contributed by atoms with Gasteiger partial charge in [0, 0.05) is 38.0 Å². The molecule has 8 rings (SSSR count). The number of amides is 2. The number of hydrogen-bond acceptors (Lipinski definition) is 12. The minimum atomic E-state index is -1.14. The van der Waals surface area contributed by atoms with E-state index in [4.69, 9.17) is 15.0 Å². The molecule has 1 unspecified atom stereocenters. The first-order valence-electron chi connectivity index (χ1n) is 18.4. The Morgan fingerprint density at radius 1 is 1.02 bits per heavy atom. The number of rotatable bonds is 12. The lowest BCUT2D eigenvalue weighted by Crippen LogP contribution is -2.44. The lowest BCUT2D eigenvalue weighted by atomic mass is 9.91. The van der Waals surface area contributed by atoms with Crippen LogP contribution < -0.4 is 20.9 Å². The van der Waals surface area contributed by atoms with Crippen molar-refractivity contribution < 1.29 is 15.0 Å². The van der Waals surface area contributed by atoms with E-state index in [9.17, 15) is 15.0 Å². The molecule has 280 valence electrons. The number of fused-ring (bicyclic) bond motifs is 1. The molecule has 6 N–H and O–H groups in total. The lowest BCUT2D eigenvalue weighted by molar-refractivity contribution is 0.00473. The number of nitrogens with one attached hydrogen (secondary N) is 4. The van der Waals surface area contributed by atoms with Crippen LogP contribution in [0.1, 0.15) is 73.4 Å². The van der Waals surface area contributed by atoms with Crippen molar-refractivity contribution in [1.82, 2.24) is 60.3 Å². The highest BCUT2D eigenvalue weighted by Crippen LogP contribution is 2.40. The molecule has 4 aromatic heterocycles. The zero-order chi connectivity index (χ0) is 37.2. The van der Waals surface area contributed by atoms with Crippen LogP contribution in [0, 0.1) is 0 Å². The number of aliphatic hydroxyl groups is 2. The van der Waals surface area contributed by atoms with Gasteiger partial charge in [0.1, 0.15) is 18.2 Å². The Bertz CT molecular complexity index is 2120. The normalized spacial score (nSPS) is 21.9. The zero-order valence-electron chi connectivity index (χ0n) is 30.1. The Morgan fingerprint density at radius 2 is 1.76 bits per heavy atom. The number of carbonyl (C=O) groups is 1. The summed E-state index contributed by atoms with van der Waals surface area (Å²) in [6, 6.07) is 18.8.